The summed E-state index contributed by atoms with van der Waals surface area (Å²) in [5, 5.41) is 10.3. The molecule has 0 spiro atoms. The molecule has 1 aromatic carbocycles. The lowest BCUT2D eigenvalue weighted by Gasteiger charge is -2.28. The van der Waals surface area contributed by atoms with Crippen molar-refractivity contribution in [3.8, 4) is 0 Å². The number of anilines is 1. The fourth-order valence-electron chi connectivity index (χ4n) is 4.02. The second kappa shape index (κ2) is 8.63. The van der Waals surface area contributed by atoms with Crippen molar-refractivity contribution in [3.63, 3.8) is 0 Å². The van der Waals surface area contributed by atoms with Gasteiger partial charge in [0, 0.05) is 23.3 Å². The van der Waals surface area contributed by atoms with E-state index in [1.165, 1.54) is 24.4 Å². The van der Waals surface area contributed by atoms with E-state index in [1.807, 2.05) is 19.9 Å². The van der Waals surface area contributed by atoms with Gasteiger partial charge in [0.2, 0.25) is 5.91 Å². The first-order valence-electron chi connectivity index (χ1n) is 10.2. The molecule has 3 aromatic rings. The first-order chi connectivity index (χ1) is 14.8. The van der Waals surface area contributed by atoms with Crippen molar-refractivity contribution in [3.05, 3.63) is 58.3 Å². The maximum Gasteiger partial charge on any atom is 0.256 e. The van der Waals surface area contributed by atoms with Crippen molar-refractivity contribution in [1.82, 2.24) is 19.9 Å². The van der Waals surface area contributed by atoms with Gasteiger partial charge in [-0.15, -0.1) is 0 Å². The number of nitrogens with one attached hydrogen (secondary N) is 2. The molecule has 9 heteroatoms. The zero-order valence-corrected chi connectivity index (χ0v) is 18.0. The lowest BCUT2D eigenvalue weighted by molar-refractivity contribution is -0.120. The number of amides is 2. The zero-order valence-electron chi connectivity index (χ0n) is 17.3. The van der Waals surface area contributed by atoms with Crippen LogP contribution in [0.3, 0.4) is 0 Å². The molecule has 2 heterocycles. The average molecular weight is 444 g/mol. The maximum atomic E-state index is 13.2. The van der Waals surface area contributed by atoms with E-state index in [9.17, 15) is 14.0 Å². The number of rotatable bonds is 4. The molecule has 2 N–H and O–H groups in total. The topological polar surface area (TPSA) is 88.4 Å². The van der Waals surface area contributed by atoms with Crippen LogP contribution in [0.15, 0.2) is 30.5 Å². The quantitative estimate of drug-likeness (QED) is 0.636. The van der Waals surface area contributed by atoms with E-state index in [4.69, 9.17) is 11.6 Å². The molecular weight excluding hydrogens is 421 g/mol. The Kier molecular flexibility index (Phi) is 5.91. The van der Waals surface area contributed by atoms with Gasteiger partial charge in [0.15, 0.2) is 5.65 Å². The van der Waals surface area contributed by atoms with Gasteiger partial charge in [0.25, 0.3) is 5.91 Å². The number of hydrogen-bond donors (Lipinski definition) is 2. The van der Waals surface area contributed by atoms with Crippen molar-refractivity contribution in [2.45, 2.75) is 45.6 Å². The summed E-state index contributed by atoms with van der Waals surface area (Å²) in [6.07, 6.45) is 4.19. The fourth-order valence-corrected chi connectivity index (χ4v) is 4.23. The van der Waals surface area contributed by atoms with E-state index in [2.05, 4.69) is 20.7 Å². The van der Waals surface area contributed by atoms with E-state index < -0.39 is 5.82 Å². The van der Waals surface area contributed by atoms with Gasteiger partial charge < -0.3 is 10.6 Å². The normalized spacial score (nSPS) is 18.7. The highest BCUT2D eigenvalue weighted by Gasteiger charge is 2.28. The largest absolute Gasteiger partial charge is 0.349 e. The standard InChI is InChI=1S/C22H23ClFN5O2/c1-12-9-13(2)29-20(26-12)17(11-25-29)22(31)27-16-6-3-14(4-7-16)21(30)28-19-8-5-15(24)10-18(19)23/h5,8-11,14,16H,3-4,6-7H2,1-2H3,(H,27,31)(H,28,30)/t14-,16-. The lowest BCUT2D eigenvalue weighted by Crippen LogP contribution is -2.39. The number of carbonyl (C=O) groups excluding carboxylic acids is 2. The van der Waals surface area contributed by atoms with E-state index in [0.717, 1.165) is 11.4 Å². The molecule has 0 atom stereocenters. The number of aryl methyl sites for hydroxylation is 2. The molecule has 4 rings (SSSR count). The minimum absolute atomic E-state index is 0.0215. The third-order valence-corrected chi connectivity index (χ3v) is 5.96. The Hall–Kier alpha value is -3.00. The number of halogens is 2. The van der Waals surface area contributed by atoms with Crippen molar-refractivity contribution in [1.29, 1.82) is 0 Å². The van der Waals surface area contributed by atoms with Crippen LogP contribution in [-0.2, 0) is 4.79 Å². The Balaban J connectivity index is 1.35. The molecule has 1 aliphatic rings. The van der Waals surface area contributed by atoms with Crippen LogP contribution in [0.5, 0.6) is 0 Å². The molecule has 2 amide bonds. The molecule has 0 radical (unpaired) electrons. The molecule has 7 nitrogen and oxygen atoms in total. The van der Waals surface area contributed by atoms with Gasteiger partial charge in [-0.25, -0.2) is 13.9 Å². The highest BCUT2D eigenvalue weighted by atomic mass is 35.5. The fraction of sp³-hybridized carbons (Fsp3) is 0.364. The molecule has 162 valence electrons. The molecular formula is C22H23ClFN5O2. The second-order valence-corrected chi connectivity index (χ2v) is 8.38. The van der Waals surface area contributed by atoms with Crippen LogP contribution in [0.1, 0.15) is 47.4 Å². The Morgan fingerprint density at radius 1 is 1.16 bits per heavy atom. The van der Waals surface area contributed by atoms with Gasteiger partial charge in [-0.1, -0.05) is 11.6 Å². The van der Waals surface area contributed by atoms with Gasteiger partial charge in [-0.05, 0) is 63.8 Å². The SMILES string of the molecule is Cc1cc(C)n2ncc(C(=O)N[C@H]3CC[C@H](C(=O)Nc4ccc(F)cc4Cl)CC3)c2n1. The van der Waals surface area contributed by atoms with Gasteiger partial charge >= 0.3 is 0 Å². The van der Waals surface area contributed by atoms with Crippen LogP contribution in [0.4, 0.5) is 10.1 Å². The first kappa shape index (κ1) is 21.2. The summed E-state index contributed by atoms with van der Waals surface area (Å²) < 4.78 is 14.8. The number of nitrogens with zero attached hydrogens (tertiary/aromatic N) is 3. The predicted molar refractivity (Wildman–Crippen MR) is 116 cm³/mol. The van der Waals surface area contributed by atoms with Gasteiger partial charge in [-0.3, -0.25) is 9.59 Å². The molecule has 1 fully saturated rings. The van der Waals surface area contributed by atoms with E-state index in [1.54, 1.807) is 4.52 Å². The highest BCUT2D eigenvalue weighted by molar-refractivity contribution is 6.33. The van der Waals surface area contributed by atoms with Crippen molar-refractivity contribution < 1.29 is 14.0 Å². The maximum absolute atomic E-state index is 13.2. The van der Waals surface area contributed by atoms with Crippen LogP contribution in [0.2, 0.25) is 5.02 Å². The van der Waals surface area contributed by atoms with Crippen molar-refractivity contribution >= 4 is 34.7 Å². The van der Waals surface area contributed by atoms with Gasteiger partial charge in [0.1, 0.15) is 11.4 Å². The summed E-state index contributed by atoms with van der Waals surface area (Å²) in [4.78, 5) is 29.8. The smallest absolute Gasteiger partial charge is 0.256 e. The number of aromatic nitrogens is 3. The summed E-state index contributed by atoms with van der Waals surface area (Å²) in [5.41, 5.74) is 3.12. The summed E-state index contributed by atoms with van der Waals surface area (Å²) in [5.74, 6) is -0.987. The summed E-state index contributed by atoms with van der Waals surface area (Å²) >= 11 is 5.99. The minimum Gasteiger partial charge on any atom is -0.349 e. The van der Waals surface area contributed by atoms with E-state index in [0.29, 0.717) is 42.6 Å². The monoisotopic (exact) mass is 443 g/mol. The number of benzene rings is 1. The van der Waals surface area contributed by atoms with Crippen molar-refractivity contribution in [2.75, 3.05) is 5.32 Å². The zero-order chi connectivity index (χ0) is 22.1. The molecule has 1 saturated carbocycles. The van der Waals surface area contributed by atoms with E-state index in [-0.39, 0.29) is 28.8 Å². The number of carbonyl (C=O) groups is 2. The molecule has 2 aromatic heterocycles. The minimum atomic E-state index is -0.453. The predicted octanol–water partition coefficient (Wildman–Crippen LogP) is 4.07. The van der Waals surface area contributed by atoms with Crippen molar-refractivity contribution in [2.24, 2.45) is 5.92 Å². The van der Waals surface area contributed by atoms with Gasteiger partial charge in [-0.2, -0.15) is 5.10 Å². The Morgan fingerprint density at radius 3 is 2.61 bits per heavy atom. The number of fused-ring (bicyclic) bond motifs is 1. The highest BCUT2D eigenvalue weighted by Crippen LogP contribution is 2.28. The summed E-state index contributed by atoms with van der Waals surface area (Å²) in [6.45, 7) is 3.80. The molecule has 1 aliphatic carbocycles. The third-order valence-electron chi connectivity index (χ3n) is 5.64. The lowest BCUT2D eigenvalue weighted by atomic mass is 9.85. The summed E-state index contributed by atoms with van der Waals surface area (Å²) in [6, 6.07) is 5.77. The third kappa shape index (κ3) is 4.54. The Labute approximate surface area is 184 Å². The molecule has 0 saturated heterocycles. The molecule has 0 bridgehead atoms. The van der Waals surface area contributed by atoms with Crippen LogP contribution in [0.25, 0.3) is 5.65 Å². The van der Waals surface area contributed by atoms with Gasteiger partial charge in [0.05, 0.1) is 16.9 Å². The summed E-state index contributed by atoms with van der Waals surface area (Å²) in [7, 11) is 0. The van der Waals surface area contributed by atoms with Crippen LogP contribution >= 0.6 is 11.6 Å². The molecule has 0 aliphatic heterocycles. The average Bonchev–Trinajstić information content (AvgIpc) is 3.15. The van der Waals surface area contributed by atoms with Crippen LogP contribution < -0.4 is 10.6 Å². The number of hydrogen-bond acceptors (Lipinski definition) is 4. The molecule has 0 unspecified atom stereocenters. The van der Waals surface area contributed by atoms with Crippen LogP contribution in [0, 0.1) is 25.6 Å². The second-order valence-electron chi connectivity index (χ2n) is 7.97. The Morgan fingerprint density at radius 2 is 1.90 bits per heavy atom. The first-order valence-corrected chi connectivity index (χ1v) is 10.6. The Bertz CT molecular complexity index is 1150. The van der Waals surface area contributed by atoms with E-state index >= 15 is 0 Å². The van der Waals surface area contributed by atoms with Crippen LogP contribution in [-0.4, -0.2) is 32.5 Å². The molecule has 31 heavy (non-hydrogen) atoms.